The van der Waals surface area contributed by atoms with Crippen molar-refractivity contribution in [1.82, 2.24) is 10.6 Å². The van der Waals surface area contributed by atoms with Crippen LogP contribution in [-0.2, 0) is 4.79 Å². The van der Waals surface area contributed by atoms with Gasteiger partial charge < -0.3 is 10.6 Å². The summed E-state index contributed by atoms with van der Waals surface area (Å²) in [4.78, 5) is 12.5. The Bertz CT molecular complexity index is 278. The molecule has 0 aromatic heterocycles. The number of carbonyl (C=O) groups is 1. The third-order valence-electron chi connectivity index (χ3n) is 5.12. The molecule has 3 nitrogen and oxygen atoms in total. The topological polar surface area (TPSA) is 41.1 Å². The first-order chi connectivity index (χ1) is 8.68. The monoisotopic (exact) mass is 252 g/mol. The van der Waals surface area contributed by atoms with Gasteiger partial charge in [-0.3, -0.25) is 4.79 Å². The van der Waals surface area contributed by atoms with Crippen molar-refractivity contribution in [2.75, 3.05) is 13.1 Å². The van der Waals surface area contributed by atoms with Gasteiger partial charge in [0, 0.05) is 12.6 Å². The Balaban J connectivity index is 1.89. The van der Waals surface area contributed by atoms with Gasteiger partial charge in [-0.25, -0.2) is 0 Å². The summed E-state index contributed by atoms with van der Waals surface area (Å²) in [6.07, 6.45) is 8.57. The van der Waals surface area contributed by atoms with E-state index in [-0.39, 0.29) is 11.3 Å². The van der Waals surface area contributed by atoms with E-state index in [1.54, 1.807) is 0 Å². The molecule has 1 aliphatic carbocycles. The summed E-state index contributed by atoms with van der Waals surface area (Å²) >= 11 is 0. The molecule has 3 heteroatoms. The van der Waals surface area contributed by atoms with Gasteiger partial charge in [-0.1, -0.05) is 26.2 Å². The Morgan fingerprint density at radius 3 is 2.67 bits per heavy atom. The molecular formula is C15H28N2O. The Hall–Kier alpha value is -0.570. The van der Waals surface area contributed by atoms with Crippen LogP contribution >= 0.6 is 0 Å². The van der Waals surface area contributed by atoms with Gasteiger partial charge >= 0.3 is 0 Å². The highest BCUT2D eigenvalue weighted by Crippen LogP contribution is 2.31. The van der Waals surface area contributed by atoms with Gasteiger partial charge in [0.2, 0.25) is 5.91 Å². The van der Waals surface area contributed by atoms with E-state index in [0.717, 1.165) is 25.9 Å². The molecule has 2 aliphatic rings. The Labute approximate surface area is 111 Å². The summed E-state index contributed by atoms with van der Waals surface area (Å²) in [5.41, 5.74) is -0.136. The highest BCUT2D eigenvalue weighted by Gasteiger charge is 2.40. The van der Waals surface area contributed by atoms with E-state index < -0.39 is 0 Å². The van der Waals surface area contributed by atoms with Gasteiger partial charge in [0.25, 0.3) is 0 Å². The van der Waals surface area contributed by atoms with Gasteiger partial charge in [-0.15, -0.1) is 0 Å². The average molecular weight is 252 g/mol. The first-order valence-electron chi connectivity index (χ1n) is 7.69. The molecule has 2 N–H and O–H groups in total. The average Bonchev–Trinajstić information content (AvgIpc) is 2.89. The number of carbonyl (C=O) groups excluding carboxylic acids is 1. The molecule has 1 heterocycles. The molecule has 0 spiro atoms. The molecule has 0 aromatic carbocycles. The standard InChI is InChI=1S/C15H28N2O/c1-3-15(9-10-16-11-15)14(18)17-12(2)13-7-5-4-6-8-13/h12-13,16H,3-11H2,1-2H3,(H,17,18). The lowest BCUT2D eigenvalue weighted by Crippen LogP contribution is -2.48. The molecule has 1 saturated carbocycles. The van der Waals surface area contributed by atoms with E-state index in [2.05, 4.69) is 24.5 Å². The van der Waals surface area contributed by atoms with Gasteiger partial charge in [0.15, 0.2) is 0 Å². The number of rotatable bonds is 4. The van der Waals surface area contributed by atoms with Crippen LogP contribution in [-0.4, -0.2) is 25.0 Å². The summed E-state index contributed by atoms with van der Waals surface area (Å²) in [7, 11) is 0. The maximum absolute atomic E-state index is 12.5. The minimum Gasteiger partial charge on any atom is -0.353 e. The lowest BCUT2D eigenvalue weighted by Gasteiger charge is -2.32. The molecule has 1 amide bonds. The maximum Gasteiger partial charge on any atom is 0.227 e. The molecule has 0 bridgehead atoms. The molecule has 2 rings (SSSR count). The highest BCUT2D eigenvalue weighted by molar-refractivity contribution is 5.83. The van der Waals surface area contributed by atoms with E-state index >= 15 is 0 Å². The second-order valence-electron chi connectivity index (χ2n) is 6.22. The SMILES string of the molecule is CCC1(C(=O)NC(C)C2CCCCC2)CCNC1. The summed E-state index contributed by atoms with van der Waals surface area (Å²) in [6, 6.07) is 0.349. The van der Waals surface area contributed by atoms with Crippen LogP contribution in [0.2, 0.25) is 0 Å². The van der Waals surface area contributed by atoms with E-state index in [9.17, 15) is 4.79 Å². The quantitative estimate of drug-likeness (QED) is 0.807. The summed E-state index contributed by atoms with van der Waals surface area (Å²) in [6.45, 7) is 6.17. The Kier molecular flexibility index (Phi) is 4.66. The van der Waals surface area contributed by atoms with Crippen LogP contribution in [0.4, 0.5) is 0 Å². The third kappa shape index (κ3) is 2.87. The molecule has 1 saturated heterocycles. The minimum absolute atomic E-state index is 0.136. The predicted octanol–water partition coefficient (Wildman–Crippen LogP) is 2.46. The lowest BCUT2D eigenvalue weighted by atomic mass is 9.81. The van der Waals surface area contributed by atoms with Crippen molar-refractivity contribution >= 4 is 5.91 Å². The molecule has 2 unspecified atom stereocenters. The molecule has 0 radical (unpaired) electrons. The van der Waals surface area contributed by atoms with E-state index in [1.807, 2.05) is 0 Å². The first-order valence-corrected chi connectivity index (χ1v) is 7.69. The van der Waals surface area contributed by atoms with Crippen LogP contribution in [0.3, 0.4) is 0 Å². The maximum atomic E-state index is 12.5. The van der Waals surface area contributed by atoms with Gasteiger partial charge in [-0.05, 0) is 45.1 Å². The molecule has 1 aliphatic heterocycles. The predicted molar refractivity (Wildman–Crippen MR) is 74.4 cm³/mol. The summed E-state index contributed by atoms with van der Waals surface area (Å²) in [5.74, 6) is 0.985. The molecule has 0 aromatic rings. The number of amides is 1. The van der Waals surface area contributed by atoms with Crippen molar-refractivity contribution in [3.63, 3.8) is 0 Å². The fourth-order valence-electron chi connectivity index (χ4n) is 3.51. The van der Waals surface area contributed by atoms with Gasteiger partial charge in [0.1, 0.15) is 0 Å². The lowest BCUT2D eigenvalue weighted by molar-refractivity contribution is -0.131. The Morgan fingerprint density at radius 2 is 2.11 bits per heavy atom. The molecule has 2 atom stereocenters. The first kappa shape index (κ1) is 13.9. The zero-order valence-electron chi connectivity index (χ0n) is 11.9. The number of hydrogen-bond donors (Lipinski definition) is 2. The van der Waals surface area contributed by atoms with Crippen molar-refractivity contribution in [3.8, 4) is 0 Å². The number of nitrogens with one attached hydrogen (secondary N) is 2. The van der Waals surface area contributed by atoms with E-state index in [0.29, 0.717) is 12.0 Å². The van der Waals surface area contributed by atoms with Gasteiger partial charge in [-0.2, -0.15) is 0 Å². The van der Waals surface area contributed by atoms with Crippen molar-refractivity contribution in [2.24, 2.45) is 11.3 Å². The van der Waals surface area contributed by atoms with Crippen molar-refractivity contribution in [1.29, 1.82) is 0 Å². The van der Waals surface area contributed by atoms with Crippen LogP contribution < -0.4 is 10.6 Å². The smallest absolute Gasteiger partial charge is 0.227 e. The zero-order valence-corrected chi connectivity index (χ0v) is 11.9. The molecular weight excluding hydrogens is 224 g/mol. The summed E-state index contributed by atoms with van der Waals surface area (Å²) in [5, 5.41) is 6.64. The van der Waals surface area contributed by atoms with Crippen molar-refractivity contribution < 1.29 is 4.79 Å². The van der Waals surface area contributed by atoms with Crippen LogP contribution in [0.15, 0.2) is 0 Å². The van der Waals surface area contributed by atoms with Crippen LogP contribution in [0, 0.1) is 11.3 Å². The van der Waals surface area contributed by atoms with Crippen molar-refractivity contribution in [2.45, 2.75) is 64.8 Å². The largest absolute Gasteiger partial charge is 0.353 e. The molecule has 18 heavy (non-hydrogen) atoms. The van der Waals surface area contributed by atoms with Crippen LogP contribution in [0.5, 0.6) is 0 Å². The normalized spacial score (nSPS) is 31.2. The van der Waals surface area contributed by atoms with E-state index in [4.69, 9.17) is 0 Å². The van der Waals surface area contributed by atoms with E-state index in [1.165, 1.54) is 32.1 Å². The second-order valence-corrected chi connectivity index (χ2v) is 6.22. The fraction of sp³-hybridized carbons (Fsp3) is 0.933. The van der Waals surface area contributed by atoms with Crippen LogP contribution in [0.1, 0.15) is 58.8 Å². The zero-order chi connectivity index (χ0) is 13.0. The summed E-state index contributed by atoms with van der Waals surface area (Å²) < 4.78 is 0. The second kappa shape index (κ2) is 6.05. The minimum atomic E-state index is -0.136. The van der Waals surface area contributed by atoms with Crippen molar-refractivity contribution in [3.05, 3.63) is 0 Å². The number of hydrogen-bond acceptors (Lipinski definition) is 2. The molecule has 2 fully saturated rings. The third-order valence-corrected chi connectivity index (χ3v) is 5.12. The van der Waals surface area contributed by atoms with Gasteiger partial charge in [0.05, 0.1) is 5.41 Å². The highest BCUT2D eigenvalue weighted by atomic mass is 16.2. The Morgan fingerprint density at radius 1 is 1.39 bits per heavy atom. The molecule has 104 valence electrons. The van der Waals surface area contributed by atoms with Crippen LogP contribution in [0.25, 0.3) is 0 Å². The fourth-order valence-corrected chi connectivity index (χ4v) is 3.51.